The molecule has 0 aliphatic heterocycles. The van der Waals surface area contributed by atoms with E-state index in [0.717, 1.165) is 11.3 Å². The predicted molar refractivity (Wildman–Crippen MR) is 90.9 cm³/mol. The minimum Gasteiger partial charge on any atom is -0.497 e. The molecule has 2 rings (SSSR count). The molecule has 1 aromatic carbocycles. The standard InChI is InChI=1S/C16H21N3O5S/c1-11-16(12(2)24-19-11)25(21,22)18-10-15(20)17-8-7-13-5-4-6-14(9-13)23-3/h4-6,9,18H,7-8,10H2,1-3H3,(H,17,20). The summed E-state index contributed by atoms with van der Waals surface area (Å²) >= 11 is 0. The number of aromatic nitrogens is 1. The Morgan fingerprint density at radius 2 is 2.08 bits per heavy atom. The molecule has 0 fully saturated rings. The molecule has 1 heterocycles. The maximum Gasteiger partial charge on any atom is 0.246 e. The Hall–Kier alpha value is -2.39. The van der Waals surface area contributed by atoms with Crippen LogP contribution in [0.2, 0.25) is 0 Å². The molecule has 136 valence electrons. The molecule has 0 radical (unpaired) electrons. The molecule has 0 atom stereocenters. The van der Waals surface area contributed by atoms with Gasteiger partial charge in [-0.1, -0.05) is 17.3 Å². The Kier molecular flexibility index (Phi) is 6.16. The van der Waals surface area contributed by atoms with Gasteiger partial charge in [0.15, 0.2) is 5.76 Å². The molecule has 2 aromatic rings. The third-order valence-electron chi connectivity index (χ3n) is 3.53. The summed E-state index contributed by atoms with van der Waals surface area (Å²) in [4.78, 5) is 11.8. The van der Waals surface area contributed by atoms with Crippen LogP contribution < -0.4 is 14.8 Å². The second-order valence-electron chi connectivity index (χ2n) is 5.43. The number of amides is 1. The van der Waals surface area contributed by atoms with Crippen molar-refractivity contribution in [3.05, 3.63) is 41.3 Å². The van der Waals surface area contributed by atoms with Gasteiger partial charge in [0.25, 0.3) is 0 Å². The Labute approximate surface area is 146 Å². The maximum atomic E-state index is 12.2. The molecule has 1 amide bonds. The molecule has 9 heteroatoms. The van der Waals surface area contributed by atoms with Gasteiger partial charge in [0.1, 0.15) is 16.3 Å². The average molecular weight is 367 g/mol. The molecule has 0 saturated carbocycles. The molecule has 1 aromatic heterocycles. The number of rotatable bonds is 8. The SMILES string of the molecule is COc1cccc(CCNC(=O)CNS(=O)(=O)c2c(C)noc2C)c1. The zero-order valence-electron chi connectivity index (χ0n) is 14.3. The van der Waals surface area contributed by atoms with Crippen molar-refractivity contribution in [3.63, 3.8) is 0 Å². The summed E-state index contributed by atoms with van der Waals surface area (Å²) in [6.45, 7) is 3.06. The summed E-state index contributed by atoms with van der Waals surface area (Å²) in [6.07, 6.45) is 0.611. The number of aryl methyl sites for hydroxylation is 2. The first-order valence-electron chi connectivity index (χ1n) is 7.65. The van der Waals surface area contributed by atoms with Crippen LogP contribution in [0.15, 0.2) is 33.7 Å². The molecule has 0 saturated heterocycles. The molecular formula is C16H21N3O5S. The van der Waals surface area contributed by atoms with Gasteiger partial charge in [0.2, 0.25) is 15.9 Å². The van der Waals surface area contributed by atoms with Gasteiger partial charge in [-0.05, 0) is 38.0 Å². The average Bonchev–Trinajstić information content (AvgIpc) is 2.93. The Morgan fingerprint density at radius 3 is 2.72 bits per heavy atom. The number of carbonyl (C=O) groups is 1. The molecule has 0 bridgehead atoms. The molecule has 2 N–H and O–H groups in total. The summed E-state index contributed by atoms with van der Waals surface area (Å²) in [7, 11) is -2.25. The topological polar surface area (TPSA) is 111 Å². The monoisotopic (exact) mass is 367 g/mol. The predicted octanol–water partition coefficient (Wildman–Crippen LogP) is 0.937. The van der Waals surface area contributed by atoms with Gasteiger partial charge >= 0.3 is 0 Å². The maximum absolute atomic E-state index is 12.2. The van der Waals surface area contributed by atoms with Crippen molar-refractivity contribution in [2.24, 2.45) is 0 Å². The van der Waals surface area contributed by atoms with E-state index in [9.17, 15) is 13.2 Å². The van der Waals surface area contributed by atoms with E-state index in [1.54, 1.807) is 7.11 Å². The van der Waals surface area contributed by atoms with E-state index in [4.69, 9.17) is 9.26 Å². The second kappa shape index (κ2) is 8.13. The first kappa shape index (κ1) is 18.9. The number of ether oxygens (including phenoxy) is 1. The minimum atomic E-state index is -3.84. The van der Waals surface area contributed by atoms with Crippen LogP contribution in [0.5, 0.6) is 5.75 Å². The van der Waals surface area contributed by atoms with Crippen LogP contribution in [0.3, 0.4) is 0 Å². The van der Waals surface area contributed by atoms with Crippen LogP contribution in [-0.2, 0) is 21.2 Å². The Bertz CT molecular complexity index is 826. The largest absolute Gasteiger partial charge is 0.497 e. The lowest BCUT2D eigenvalue weighted by Gasteiger charge is -2.08. The quantitative estimate of drug-likeness (QED) is 0.718. The van der Waals surface area contributed by atoms with Crippen LogP contribution in [0.1, 0.15) is 17.0 Å². The fraction of sp³-hybridized carbons (Fsp3) is 0.375. The molecule has 0 aliphatic rings. The Balaban J connectivity index is 1.82. The van der Waals surface area contributed by atoms with E-state index in [1.165, 1.54) is 13.8 Å². The molecule has 0 spiro atoms. The zero-order valence-corrected chi connectivity index (χ0v) is 15.1. The van der Waals surface area contributed by atoms with E-state index in [-0.39, 0.29) is 22.9 Å². The van der Waals surface area contributed by atoms with Gasteiger partial charge < -0.3 is 14.6 Å². The van der Waals surface area contributed by atoms with Gasteiger partial charge in [0, 0.05) is 6.54 Å². The molecule has 0 unspecified atom stereocenters. The number of sulfonamides is 1. The zero-order chi connectivity index (χ0) is 18.4. The van der Waals surface area contributed by atoms with Crippen molar-refractivity contribution in [3.8, 4) is 5.75 Å². The van der Waals surface area contributed by atoms with Crippen LogP contribution in [0.25, 0.3) is 0 Å². The van der Waals surface area contributed by atoms with Crippen molar-refractivity contribution >= 4 is 15.9 Å². The van der Waals surface area contributed by atoms with Crippen molar-refractivity contribution < 1.29 is 22.5 Å². The van der Waals surface area contributed by atoms with Crippen LogP contribution >= 0.6 is 0 Å². The summed E-state index contributed by atoms with van der Waals surface area (Å²) in [5, 5.41) is 6.27. The number of hydrogen-bond acceptors (Lipinski definition) is 6. The third-order valence-corrected chi connectivity index (χ3v) is 5.17. The number of methoxy groups -OCH3 is 1. The van der Waals surface area contributed by atoms with Crippen molar-refractivity contribution in [1.29, 1.82) is 0 Å². The highest BCUT2D eigenvalue weighted by Crippen LogP contribution is 2.18. The summed E-state index contributed by atoms with van der Waals surface area (Å²) in [5.41, 5.74) is 1.26. The first-order chi connectivity index (χ1) is 11.8. The molecule has 25 heavy (non-hydrogen) atoms. The van der Waals surface area contributed by atoms with E-state index in [1.807, 2.05) is 24.3 Å². The molecule has 0 aliphatic carbocycles. The summed E-state index contributed by atoms with van der Waals surface area (Å²) in [5.74, 6) is 0.512. The summed E-state index contributed by atoms with van der Waals surface area (Å²) < 4.78 is 36.6. The Morgan fingerprint density at radius 1 is 1.32 bits per heavy atom. The number of nitrogens with zero attached hydrogens (tertiary/aromatic N) is 1. The molecular weight excluding hydrogens is 346 g/mol. The normalized spacial score (nSPS) is 11.3. The highest BCUT2D eigenvalue weighted by atomic mass is 32.2. The van der Waals surface area contributed by atoms with Gasteiger partial charge in [-0.15, -0.1) is 0 Å². The second-order valence-corrected chi connectivity index (χ2v) is 7.13. The first-order valence-corrected chi connectivity index (χ1v) is 9.14. The third kappa shape index (κ3) is 5.04. The van der Waals surface area contributed by atoms with Gasteiger partial charge in [-0.25, -0.2) is 13.1 Å². The number of carbonyl (C=O) groups excluding carboxylic acids is 1. The lowest BCUT2D eigenvalue weighted by molar-refractivity contribution is -0.119. The molecule has 8 nitrogen and oxygen atoms in total. The van der Waals surface area contributed by atoms with Crippen molar-refractivity contribution in [2.75, 3.05) is 20.2 Å². The lowest BCUT2D eigenvalue weighted by Crippen LogP contribution is -2.37. The van der Waals surface area contributed by atoms with Gasteiger partial charge in [0.05, 0.1) is 13.7 Å². The van der Waals surface area contributed by atoms with Crippen LogP contribution in [0, 0.1) is 13.8 Å². The van der Waals surface area contributed by atoms with E-state index >= 15 is 0 Å². The number of nitrogens with one attached hydrogen (secondary N) is 2. The lowest BCUT2D eigenvalue weighted by atomic mass is 10.1. The fourth-order valence-electron chi connectivity index (χ4n) is 2.33. The minimum absolute atomic E-state index is 0.0309. The smallest absolute Gasteiger partial charge is 0.246 e. The van der Waals surface area contributed by atoms with Gasteiger partial charge in [-0.2, -0.15) is 0 Å². The number of hydrogen-bond donors (Lipinski definition) is 2. The summed E-state index contributed by atoms with van der Waals surface area (Å²) in [6, 6.07) is 7.51. The highest BCUT2D eigenvalue weighted by Gasteiger charge is 2.24. The highest BCUT2D eigenvalue weighted by molar-refractivity contribution is 7.89. The van der Waals surface area contributed by atoms with Crippen molar-refractivity contribution in [1.82, 2.24) is 15.2 Å². The fourth-order valence-corrected chi connectivity index (χ4v) is 3.64. The van der Waals surface area contributed by atoms with Crippen LogP contribution in [0.4, 0.5) is 0 Å². The van der Waals surface area contributed by atoms with E-state index < -0.39 is 15.9 Å². The van der Waals surface area contributed by atoms with Crippen molar-refractivity contribution in [2.45, 2.75) is 25.2 Å². The van der Waals surface area contributed by atoms with E-state index in [0.29, 0.717) is 13.0 Å². The van der Waals surface area contributed by atoms with Gasteiger partial charge in [-0.3, -0.25) is 4.79 Å². The van der Waals surface area contributed by atoms with Crippen LogP contribution in [-0.4, -0.2) is 39.7 Å². The number of benzene rings is 1. The van der Waals surface area contributed by atoms with E-state index in [2.05, 4.69) is 15.2 Å².